The summed E-state index contributed by atoms with van der Waals surface area (Å²) < 4.78 is 70.0. The number of nitrogens with zero attached hydrogens (tertiary/aromatic N) is 2. The van der Waals surface area contributed by atoms with Crippen molar-refractivity contribution in [2.24, 2.45) is 5.92 Å². The molecule has 43 heavy (non-hydrogen) atoms. The van der Waals surface area contributed by atoms with Crippen LogP contribution in [0.5, 0.6) is 11.5 Å². The third-order valence-corrected chi connectivity index (χ3v) is 7.40. The molecular weight excluding hydrogens is 623 g/mol. The second kappa shape index (κ2) is 12.3. The molecule has 0 saturated heterocycles. The van der Waals surface area contributed by atoms with Gasteiger partial charge < -0.3 is 19.4 Å². The second-order valence-corrected chi connectivity index (χ2v) is 10.6. The van der Waals surface area contributed by atoms with Crippen LogP contribution in [0.25, 0.3) is 0 Å². The molecule has 1 atom stereocenters. The van der Waals surface area contributed by atoms with E-state index in [9.17, 15) is 37.2 Å². The van der Waals surface area contributed by atoms with Gasteiger partial charge >= 0.3 is 12.6 Å². The van der Waals surface area contributed by atoms with E-state index in [-0.39, 0.29) is 57.3 Å². The largest absolute Gasteiger partial charge is 0.619 e. The lowest BCUT2D eigenvalue weighted by Gasteiger charge is -2.23. The monoisotopic (exact) mass is 642 g/mol. The fourth-order valence-corrected chi connectivity index (χ4v) is 5.03. The van der Waals surface area contributed by atoms with Gasteiger partial charge in [0.1, 0.15) is 22.7 Å². The van der Waals surface area contributed by atoms with Crippen molar-refractivity contribution < 1.29 is 50.9 Å². The van der Waals surface area contributed by atoms with Crippen LogP contribution in [0.2, 0.25) is 10.0 Å². The lowest BCUT2D eigenvalue weighted by atomic mass is 10.0. The summed E-state index contributed by atoms with van der Waals surface area (Å²) >= 11 is 12.5. The molecule has 0 bridgehead atoms. The maximum atomic E-state index is 13.9. The van der Waals surface area contributed by atoms with Crippen LogP contribution >= 0.6 is 23.2 Å². The Bertz CT molecular complexity index is 1600. The van der Waals surface area contributed by atoms with Crippen LogP contribution in [-0.4, -0.2) is 37.4 Å². The number of ketones is 1. The lowest BCUT2D eigenvalue weighted by Crippen LogP contribution is -2.36. The lowest BCUT2D eigenvalue weighted by molar-refractivity contribution is -0.605. The molecule has 9 nitrogen and oxygen atoms in total. The van der Waals surface area contributed by atoms with Crippen LogP contribution in [0.15, 0.2) is 42.7 Å². The molecular formula is C28H20Cl2F4N2O7. The number of aromatic nitrogens is 1. The highest BCUT2D eigenvalue weighted by atomic mass is 35.5. The van der Waals surface area contributed by atoms with Gasteiger partial charge in [-0.05, 0) is 42.5 Å². The molecule has 1 fully saturated rings. The minimum absolute atomic E-state index is 0.0554. The van der Waals surface area contributed by atoms with Gasteiger partial charge in [-0.15, -0.1) is 0 Å². The molecule has 1 aliphatic heterocycles. The molecule has 2 aliphatic rings. The van der Waals surface area contributed by atoms with Gasteiger partial charge in [-0.1, -0.05) is 29.3 Å². The maximum Gasteiger partial charge on any atom is 0.387 e. The molecule has 2 heterocycles. The number of anilines is 1. The molecule has 1 amide bonds. The van der Waals surface area contributed by atoms with Crippen LogP contribution < -0.4 is 19.1 Å². The molecule has 0 spiro atoms. The van der Waals surface area contributed by atoms with Gasteiger partial charge in [-0.2, -0.15) is 13.5 Å². The SMILES string of the molecule is O=C(CN1C(=O)C(=O)c2cc(F)c(F)cc21)OC(Cc1c(Cl)c[n+]([O-])cc1Cl)c1ccc(OC(F)F)c(OCC2CC2)c1. The molecule has 1 aromatic heterocycles. The van der Waals surface area contributed by atoms with Crippen molar-refractivity contribution >= 4 is 46.5 Å². The minimum atomic E-state index is -3.15. The number of carbonyl (C=O) groups excluding carboxylic acids is 3. The highest BCUT2D eigenvalue weighted by Gasteiger charge is 2.39. The first-order valence-corrected chi connectivity index (χ1v) is 13.5. The van der Waals surface area contributed by atoms with E-state index in [2.05, 4.69) is 4.74 Å². The predicted molar refractivity (Wildman–Crippen MR) is 142 cm³/mol. The van der Waals surface area contributed by atoms with Gasteiger partial charge in [0.05, 0.1) is 17.9 Å². The van der Waals surface area contributed by atoms with E-state index in [4.69, 9.17) is 32.7 Å². The first kappa shape index (κ1) is 30.4. The fourth-order valence-electron chi connectivity index (χ4n) is 4.43. The van der Waals surface area contributed by atoms with E-state index in [0.717, 1.165) is 25.2 Å². The van der Waals surface area contributed by atoms with Crippen molar-refractivity contribution in [1.82, 2.24) is 0 Å². The highest BCUT2D eigenvalue weighted by molar-refractivity contribution is 6.52. The average Bonchev–Trinajstić information content (AvgIpc) is 3.74. The number of ether oxygens (including phenoxy) is 3. The number of benzene rings is 2. The Morgan fingerprint density at radius 3 is 2.37 bits per heavy atom. The molecule has 0 radical (unpaired) electrons. The summed E-state index contributed by atoms with van der Waals surface area (Å²) in [5.74, 6) is -6.19. The van der Waals surface area contributed by atoms with E-state index in [0.29, 0.717) is 21.8 Å². The summed E-state index contributed by atoms with van der Waals surface area (Å²) in [6, 6.07) is 5.03. The molecule has 0 N–H and O–H groups in total. The van der Waals surface area contributed by atoms with Gasteiger partial charge in [0, 0.05) is 18.1 Å². The summed E-state index contributed by atoms with van der Waals surface area (Å²) in [4.78, 5) is 38.7. The zero-order valence-corrected chi connectivity index (χ0v) is 23.3. The number of carbonyl (C=O) groups is 3. The normalized spacial score (nSPS) is 15.1. The maximum absolute atomic E-state index is 13.9. The third kappa shape index (κ3) is 6.78. The number of pyridine rings is 1. The number of hydrogen-bond donors (Lipinski definition) is 0. The summed E-state index contributed by atoms with van der Waals surface area (Å²) in [5, 5.41) is 11.6. The van der Waals surface area contributed by atoms with Crippen LogP contribution in [0, 0.1) is 22.8 Å². The Morgan fingerprint density at radius 2 is 1.72 bits per heavy atom. The topological polar surface area (TPSA) is 109 Å². The molecule has 1 aliphatic carbocycles. The van der Waals surface area contributed by atoms with Gasteiger partial charge in [-0.3, -0.25) is 19.3 Å². The molecule has 2 aromatic carbocycles. The Balaban J connectivity index is 1.46. The van der Waals surface area contributed by atoms with Crippen molar-refractivity contribution in [3.05, 3.63) is 86.3 Å². The number of rotatable bonds is 11. The van der Waals surface area contributed by atoms with Crippen molar-refractivity contribution in [3.63, 3.8) is 0 Å². The Morgan fingerprint density at radius 1 is 1.05 bits per heavy atom. The smallest absolute Gasteiger partial charge is 0.387 e. The molecule has 3 aromatic rings. The molecule has 1 saturated carbocycles. The van der Waals surface area contributed by atoms with Gasteiger partial charge in [-0.25, -0.2) is 8.78 Å². The molecule has 1 unspecified atom stereocenters. The number of hydrogen-bond acceptors (Lipinski definition) is 7. The van der Waals surface area contributed by atoms with E-state index < -0.39 is 54.1 Å². The summed E-state index contributed by atoms with van der Waals surface area (Å²) in [5.41, 5.74) is -0.337. The molecule has 226 valence electrons. The van der Waals surface area contributed by atoms with Crippen molar-refractivity contribution in [2.75, 3.05) is 18.1 Å². The predicted octanol–water partition coefficient (Wildman–Crippen LogP) is 5.35. The zero-order chi connectivity index (χ0) is 31.0. The minimum Gasteiger partial charge on any atom is -0.619 e. The van der Waals surface area contributed by atoms with Crippen LogP contribution in [0.1, 0.15) is 40.4 Å². The first-order valence-electron chi connectivity index (χ1n) is 12.7. The van der Waals surface area contributed by atoms with Gasteiger partial charge in [0.2, 0.25) is 0 Å². The number of Topliss-reactive ketones (excluding diaryl/α,β-unsaturated/α-hetero) is 1. The molecule has 5 rings (SSSR count). The Labute approximate surface area is 251 Å². The fraction of sp³-hybridized carbons (Fsp3) is 0.286. The Hall–Kier alpha value is -4.10. The number of alkyl halides is 2. The quantitative estimate of drug-likeness (QED) is 0.0912. The average molecular weight is 643 g/mol. The summed E-state index contributed by atoms with van der Waals surface area (Å²) in [6.45, 7) is -3.78. The Kier molecular flexibility index (Phi) is 8.65. The van der Waals surface area contributed by atoms with E-state index in [1.54, 1.807) is 0 Å². The van der Waals surface area contributed by atoms with Gasteiger partial charge in [0.25, 0.3) is 11.7 Å². The summed E-state index contributed by atoms with van der Waals surface area (Å²) in [7, 11) is 0. The number of esters is 1. The van der Waals surface area contributed by atoms with Crippen LogP contribution in [0.4, 0.5) is 23.2 Å². The highest BCUT2D eigenvalue weighted by Crippen LogP contribution is 2.38. The first-order chi connectivity index (χ1) is 20.4. The van der Waals surface area contributed by atoms with Crippen LogP contribution in [-0.2, 0) is 20.7 Å². The summed E-state index contributed by atoms with van der Waals surface area (Å²) in [6.07, 6.45) is 2.37. The molecule has 15 heteroatoms. The zero-order valence-electron chi connectivity index (χ0n) is 21.8. The van der Waals surface area contributed by atoms with E-state index >= 15 is 0 Å². The van der Waals surface area contributed by atoms with E-state index in [1.807, 2.05) is 0 Å². The van der Waals surface area contributed by atoms with Crippen molar-refractivity contribution in [3.8, 4) is 11.5 Å². The number of amides is 1. The van der Waals surface area contributed by atoms with Crippen molar-refractivity contribution in [2.45, 2.75) is 32.0 Å². The van der Waals surface area contributed by atoms with Gasteiger partial charge in [0.15, 0.2) is 35.5 Å². The second-order valence-electron chi connectivity index (χ2n) is 9.82. The van der Waals surface area contributed by atoms with E-state index in [1.165, 1.54) is 18.2 Å². The van der Waals surface area contributed by atoms with Crippen LogP contribution in [0.3, 0.4) is 0 Å². The number of halogens is 6. The number of fused-ring (bicyclic) bond motifs is 1. The third-order valence-electron chi connectivity index (χ3n) is 6.75. The standard InChI is InChI=1S/C28H20Cl2F4N2O7/c29-17-9-35(40)10-18(30)15(17)7-23(14-3-4-22(43-28(33)34)24(5-14)41-12-13-1-2-13)42-25(37)11-36-21-8-20(32)19(31)6-16(21)26(38)27(36)39/h3-6,8-10,13,23,28H,1-2,7,11-12H2. The van der Waals surface area contributed by atoms with Crippen molar-refractivity contribution in [1.29, 1.82) is 0 Å².